The minimum Gasteiger partial charge on any atom is -0.274 e. The Morgan fingerprint density at radius 3 is 2.27 bits per heavy atom. The molecule has 0 N–H and O–H groups in total. The number of hydrogen-bond donors (Lipinski definition) is 0. The van der Waals surface area contributed by atoms with Gasteiger partial charge in [-0.1, -0.05) is 18.2 Å². The first-order valence-corrected chi connectivity index (χ1v) is 7.30. The minimum atomic E-state index is -0.538. The van der Waals surface area contributed by atoms with Gasteiger partial charge in [0.05, 0.1) is 16.8 Å². The zero-order valence-electron chi connectivity index (χ0n) is 11.9. The summed E-state index contributed by atoms with van der Waals surface area (Å²) in [7, 11) is 0. The van der Waals surface area contributed by atoms with E-state index in [1.807, 2.05) is 12.2 Å². The topological polar surface area (TPSA) is 80.5 Å². The molecular weight excluding hydrogens is 284 g/mol. The molecule has 22 heavy (non-hydrogen) atoms. The van der Waals surface area contributed by atoms with Gasteiger partial charge in [0, 0.05) is 6.07 Å². The lowest BCUT2D eigenvalue weighted by atomic mass is 9.85. The third-order valence-corrected chi connectivity index (χ3v) is 5.04. The zero-order valence-corrected chi connectivity index (χ0v) is 11.9. The highest BCUT2D eigenvalue weighted by Crippen LogP contribution is 2.53. The summed E-state index contributed by atoms with van der Waals surface area (Å²) < 4.78 is 0. The zero-order chi connectivity index (χ0) is 15.6. The summed E-state index contributed by atoms with van der Waals surface area (Å²) in [6, 6.07) is 4.58. The molecule has 2 aliphatic carbocycles. The van der Waals surface area contributed by atoms with Crippen molar-refractivity contribution in [2.24, 2.45) is 23.7 Å². The van der Waals surface area contributed by atoms with Crippen LogP contribution in [0.25, 0.3) is 0 Å². The van der Waals surface area contributed by atoms with Gasteiger partial charge in [-0.2, -0.15) is 0 Å². The molecule has 3 aliphatic rings. The first-order valence-electron chi connectivity index (χ1n) is 7.30. The Kier molecular flexibility index (Phi) is 2.55. The number of anilines is 1. The van der Waals surface area contributed by atoms with Crippen LogP contribution in [0.1, 0.15) is 12.0 Å². The molecule has 6 nitrogen and oxygen atoms in total. The Bertz CT molecular complexity index is 725. The Morgan fingerprint density at radius 1 is 1.14 bits per heavy atom. The highest BCUT2D eigenvalue weighted by atomic mass is 16.6. The number of allylic oxidation sites excluding steroid dienone is 2. The fourth-order valence-corrected chi connectivity index (χ4v) is 4.11. The van der Waals surface area contributed by atoms with Crippen LogP contribution < -0.4 is 4.90 Å². The van der Waals surface area contributed by atoms with E-state index in [1.165, 1.54) is 12.1 Å². The van der Waals surface area contributed by atoms with E-state index in [-0.39, 0.29) is 46.9 Å². The molecule has 1 aliphatic heterocycles. The predicted octanol–water partition coefficient (Wildman–Crippen LogP) is 2.21. The normalized spacial score (nSPS) is 32.0. The van der Waals surface area contributed by atoms with Crippen LogP contribution >= 0.6 is 0 Å². The van der Waals surface area contributed by atoms with Gasteiger partial charge in [-0.05, 0) is 36.8 Å². The lowest BCUT2D eigenvalue weighted by molar-refractivity contribution is -0.384. The van der Waals surface area contributed by atoms with Crippen molar-refractivity contribution < 1.29 is 14.5 Å². The van der Waals surface area contributed by atoms with E-state index in [0.717, 1.165) is 16.9 Å². The van der Waals surface area contributed by atoms with Gasteiger partial charge in [0.25, 0.3) is 5.69 Å². The maximum Gasteiger partial charge on any atom is 0.293 e. The van der Waals surface area contributed by atoms with Crippen LogP contribution in [0, 0.1) is 40.7 Å². The molecule has 2 amide bonds. The predicted molar refractivity (Wildman–Crippen MR) is 78.0 cm³/mol. The van der Waals surface area contributed by atoms with E-state index >= 15 is 0 Å². The molecule has 1 aromatic carbocycles. The smallest absolute Gasteiger partial charge is 0.274 e. The maximum atomic E-state index is 12.7. The summed E-state index contributed by atoms with van der Waals surface area (Å²) in [5, 5.41) is 11.3. The number of carbonyl (C=O) groups excluding carboxylic acids is 2. The van der Waals surface area contributed by atoms with Crippen molar-refractivity contribution >= 4 is 23.2 Å². The van der Waals surface area contributed by atoms with E-state index < -0.39 is 4.92 Å². The first kappa shape index (κ1) is 13.2. The van der Waals surface area contributed by atoms with Gasteiger partial charge in [-0.15, -0.1) is 0 Å². The monoisotopic (exact) mass is 298 g/mol. The SMILES string of the molecule is Cc1ccc(N2C(=O)[C@H]3[C@H](C2=O)[C@H]2C=C[C@H]3C2)c([N+](=O)[O-])c1. The third-order valence-electron chi connectivity index (χ3n) is 5.04. The van der Waals surface area contributed by atoms with Gasteiger partial charge in [-0.25, -0.2) is 4.90 Å². The maximum absolute atomic E-state index is 12.7. The molecule has 112 valence electrons. The van der Waals surface area contributed by atoms with Crippen molar-refractivity contribution in [3.63, 3.8) is 0 Å². The molecule has 2 fully saturated rings. The van der Waals surface area contributed by atoms with E-state index in [9.17, 15) is 19.7 Å². The number of benzene rings is 1. The van der Waals surface area contributed by atoms with Crippen LogP contribution in [0.2, 0.25) is 0 Å². The molecule has 0 unspecified atom stereocenters. The van der Waals surface area contributed by atoms with Crippen molar-refractivity contribution in [1.82, 2.24) is 0 Å². The second kappa shape index (κ2) is 4.25. The van der Waals surface area contributed by atoms with E-state index in [2.05, 4.69) is 0 Å². The van der Waals surface area contributed by atoms with Crippen LogP contribution in [0.3, 0.4) is 0 Å². The Balaban J connectivity index is 1.81. The molecule has 1 aromatic rings. The summed E-state index contributed by atoms with van der Waals surface area (Å²) in [6.45, 7) is 1.74. The number of hydrogen-bond acceptors (Lipinski definition) is 4. The van der Waals surface area contributed by atoms with Crippen molar-refractivity contribution in [1.29, 1.82) is 0 Å². The van der Waals surface area contributed by atoms with Crippen molar-refractivity contribution in [3.05, 3.63) is 46.0 Å². The lowest BCUT2D eigenvalue weighted by Gasteiger charge is -2.17. The van der Waals surface area contributed by atoms with E-state index in [4.69, 9.17) is 0 Å². The van der Waals surface area contributed by atoms with Crippen LogP contribution in [0.4, 0.5) is 11.4 Å². The Hall–Kier alpha value is -2.50. The Labute approximate surface area is 126 Å². The lowest BCUT2D eigenvalue weighted by Crippen LogP contribution is -2.33. The molecule has 2 bridgehead atoms. The third kappa shape index (κ3) is 1.55. The van der Waals surface area contributed by atoms with Crippen LogP contribution in [-0.2, 0) is 9.59 Å². The van der Waals surface area contributed by atoms with E-state index in [0.29, 0.717) is 0 Å². The van der Waals surface area contributed by atoms with Gasteiger partial charge in [0.15, 0.2) is 0 Å². The highest BCUT2D eigenvalue weighted by Gasteiger charge is 2.60. The highest BCUT2D eigenvalue weighted by molar-refractivity contribution is 6.23. The van der Waals surface area contributed by atoms with Crippen molar-refractivity contribution in [2.45, 2.75) is 13.3 Å². The molecule has 0 radical (unpaired) electrons. The first-order chi connectivity index (χ1) is 10.5. The largest absolute Gasteiger partial charge is 0.293 e. The van der Waals surface area contributed by atoms with Gasteiger partial charge < -0.3 is 0 Å². The average molecular weight is 298 g/mol. The average Bonchev–Trinajstić information content (AvgIpc) is 3.14. The van der Waals surface area contributed by atoms with Gasteiger partial charge in [0.1, 0.15) is 5.69 Å². The standard InChI is InChI=1S/C16H14N2O4/c1-8-2-5-11(12(6-8)18(21)22)17-15(19)13-9-3-4-10(7-9)14(13)16(17)20/h2-6,9-10,13-14H,7H2,1H3/t9-,10-,13+,14+/m0/s1. The molecule has 4 atom stereocenters. The molecule has 4 rings (SSSR count). The van der Waals surface area contributed by atoms with Crippen molar-refractivity contribution in [3.8, 4) is 0 Å². The number of carbonyl (C=O) groups is 2. The number of amides is 2. The number of nitro groups is 1. The molecule has 0 aromatic heterocycles. The number of fused-ring (bicyclic) bond motifs is 5. The van der Waals surface area contributed by atoms with Gasteiger partial charge >= 0.3 is 0 Å². The van der Waals surface area contributed by atoms with Gasteiger partial charge in [0.2, 0.25) is 11.8 Å². The van der Waals surface area contributed by atoms with Crippen LogP contribution in [0.5, 0.6) is 0 Å². The second-order valence-corrected chi connectivity index (χ2v) is 6.26. The molecule has 6 heteroatoms. The molecule has 1 saturated heterocycles. The van der Waals surface area contributed by atoms with E-state index in [1.54, 1.807) is 13.0 Å². The van der Waals surface area contributed by atoms with Crippen LogP contribution in [0.15, 0.2) is 30.4 Å². The van der Waals surface area contributed by atoms with Crippen molar-refractivity contribution in [2.75, 3.05) is 4.90 Å². The van der Waals surface area contributed by atoms with Crippen LogP contribution in [-0.4, -0.2) is 16.7 Å². The van der Waals surface area contributed by atoms with Gasteiger partial charge in [-0.3, -0.25) is 19.7 Å². The number of imide groups is 1. The second-order valence-electron chi connectivity index (χ2n) is 6.26. The fourth-order valence-electron chi connectivity index (χ4n) is 4.11. The summed E-state index contributed by atoms with van der Waals surface area (Å²) >= 11 is 0. The molecule has 1 heterocycles. The summed E-state index contributed by atoms with van der Waals surface area (Å²) in [4.78, 5) is 37.2. The summed E-state index contributed by atoms with van der Waals surface area (Å²) in [5.41, 5.74) is 0.623. The summed E-state index contributed by atoms with van der Waals surface area (Å²) in [5.74, 6) is -1.08. The molecular formula is C16H14N2O4. The summed E-state index contributed by atoms with van der Waals surface area (Å²) in [6.07, 6.45) is 4.85. The Morgan fingerprint density at radius 2 is 1.73 bits per heavy atom. The number of nitrogens with zero attached hydrogens (tertiary/aromatic N) is 2. The number of aryl methyl sites for hydroxylation is 1. The number of nitro benzene ring substituents is 1. The number of rotatable bonds is 2. The molecule has 1 saturated carbocycles. The molecule has 0 spiro atoms. The quantitative estimate of drug-likeness (QED) is 0.363. The fraction of sp³-hybridized carbons (Fsp3) is 0.375. The minimum absolute atomic E-state index is 0.0967.